The van der Waals surface area contributed by atoms with Gasteiger partial charge in [0.1, 0.15) is 5.82 Å². The molecule has 1 aromatic carbocycles. The summed E-state index contributed by atoms with van der Waals surface area (Å²) in [5.41, 5.74) is 1.55. The Labute approximate surface area is 106 Å². The van der Waals surface area contributed by atoms with Gasteiger partial charge in [0.15, 0.2) is 0 Å². The second-order valence-electron chi connectivity index (χ2n) is 4.28. The third-order valence-electron chi connectivity index (χ3n) is 2.93. The molecule has 0 bridgehead atoms. The van der Waals surface area contributed by atoms with E-state index >= 15 is 0 Å². The minimum atomic E-state index is -0.366. The van der Waals surface area contributed by atoms with Crippen molar-refractivity contribution in [2.45, 2.75) is 32.9 Å². The molecule has 2 rings (SSSR count). The van der Waals surface area contributed by atoms with Gasteiger partial charge in [-0.1, -0.05) is 31.5 Å². The van der Waals surface area contributed by atoms with E-state index in [2.05, 4.69) is 12.0 Å². The molecule has 1 heterocycles. The average Bonchev–Trinajstić information content (AvgIpc) is 2.85. The van der Waals surface area contributed by atoms with Gasteiger partial charge in [-0.05, 0) is 6.42 Å². The minimum absolute atomic E-state index is 0.288. The van der Waals surface area contributed by atoms with Crippen LogP contribution in [0.3, 0.4) is 0 Å². The highest BCUT2D eigenvalue weighted by molar-refractivity contribution is 5.63. The Morgan fingerprint density at radius 2 is 2.22 bits per heavy atom. The van der Waals surface area contributed by atoms with Crippen molar-refractivity contribution < 1.29 is 9.50 Å². The molecule has 0 saturated heterocycles. The molecule has 18 heavy (non-hydrogen) atoms. The predicted octanol–water partition coefficient (Wildman–Crippen LogP) is 2.98. The molecule has 0 unspecified atom stereocenters. The summed E-state index contributed by atoms with van der Waals surface area (Å²) in [5, 5.41) is 13.3. The fourth-order valence-corrected chi connectivity index (χ4v) is 1.87. The van der Waals surface area contributed by atoms with E-state index in [1.165, 1.54) is 0 Å². The van der Waals surface area contributed by atoms with Gasteiger partial charge in [-0.2, -0.15) is 5.10 Å². The second kappa shape index (κ2) is 5.78. The molecule has 1 N–H and O–H groups in total. The fraction of sp³-hybridized carbons (Fsp3) is 0.357. The number of hydrogen-bond donors (Lipinski definition) is 1. The van der Waals surface area contributed by atoms with E-state index in [4.69, 9.17) is 5.11 Å². The molecule has 3 nitrogen and oxygen atoms in total. The van der Waals surface area contributed by atoms with Crippen molar-refractivity contribution in [3.05, 3.63) is 42.0 Å². The smallest absolute Gasteiger partial charge is 0.136 e. The molecule has 0 saturated carbocycles. The predicted molar refractivity (Wildman–Crippen MR) is 68.5 cm³/mol. The summed E-state index contributed by atoms with van der Waals surface area (Å²) >= 11 is 0. The molecule has 0 fully saturated rings. The first kappa shape index (κ1) is 12.8. The third kappa shape index (κ3) is 2.59. The van der Waals surface area contributed by atoms with Crippen LogP contribution in [0.1, 0.15) is 25.3 Å². The number of benzene rings is 1. The molecule has 0 aliphatic carbocycles. The molecule has 4 heteroatoms. The molecular formula is C14H17FN2O. The van der Waals surface area contributed by atoms with Crippen LogP contribution in [0.5, 0.6) is 0 Å². The van der Waals surface area contributed by atoms with Crippen LogP contribution in [-0.4, -0.2) is 14.9 Å². The highest BCUT2D eigenvalue weighted by Gasteiger charge is 2.10. The molecule has 0 aliphatic heterocycles. The molecule has 0 atom stereocenters. The number of hydrogen-bond acceptors (Lipinski definition) is 2. The van der Waals surface area contributed by atoms with Crippen LogP contribution in [0.2, 0.25) is 0 Å². The Morgan fingerprint density at radius 1 is 1.39 bits per heavy atom. The lowest BCUT2D eigenvalue weighted by atomic mass is 10.1. The molecule has 0 amide bonds. The molecule has 0 aliphatic rings. The topological polar surface area (TPSA) is 38.0 Å². The van der Waals surface area contributed by atoms with Crippen LogP contribution < -0.4 is 0 Å². The second-order valence-corrected chi connectivity index (χ2v) is 4.28. The van der Waals surface area contributed by atoms with Gasteiger partial charge in [0.2, 0.25) is 0 Å². The Kier molecular flexibility index (Phi) is 4.10. The van der Waals surface area contributed by atoms with Gasteiger partial charge in [-0.15, -0.1) is 0 Å². The van der Waals surface area contributed by atoms with Gasteiger partial charge >= 0.3 is 0 Å². The molecular weight excluding hydrogens is 231 g/mol. The zero-order valence-electron chi connectivity index (χ0n) is 10.4. The molecule has 1 aromatic heterocycles. The van der Waals surface area contributed by atoms with Crippen molar-refractivity contribution >= 4 is 0 Å². The first-order valence-corrected chi connectivity index (χ1v) is 6.17. The summed E-state index contributed by atoms with van der Waals surface area (Å²) in [6.45, 7) is 2.68. The first-order valence-electron chi connectivity index (χ1n) is 6.17. The monoisotopic (exact) mass is 248 g/mol. The van der Waals surface area contributed by atoms with Crippen LogP contribution in [0.4, 0.5) is 4.39 Å². The van der Waals surface area contributed by atoms with Crippen LogP contribution in [0.25, 0.3) is 11.1 Å². The van der Waals surface area contributed by atoms with E-state index in [0.717, 1.165) is 24.9 Å². The van der Waals surface area contributed by atoms with Crippen molar-refractivity contribution in [3.8, 4) is 11.1 Å². The SMILES string of the molecule is CCCCn1cc(-c2cccc(CO)c2F)cn1. The summed E-state index contributed by atoms with van der Waals surface area (Å²) in [4.78, 5) is 0. The van der Waals surface area contributed by atoms with Gasteiger partial charge in [0, 0.05) is 29.4 Å². The zero-order chi connectivity index (χ0) is 13.0. The fourth-order valence-electron chi connectivity index (χ4n) is 1.87. The van der Waals surface area contributed by atoms with Gasteiger partial charge in [-0.3, -0.25) is 4.68 Å². The van der Waals surface area contributed by atoms with Crippen LogP contribution in [0.15, 0.2) is 30.6 Å². The number of aliphatic hydroxyl groups is 1. The number of aromatic nitrogens is 2. The van der Waals surface area contributed by atoms with Crippen molar-refractivity contribution in [2.75, 3.05) is 0 Å². The Morgan fingerprint density at radius 3 is 2.94 bits per heavy atom. The van der Waals surface area contributed by atoms with E-state index < -0.39 is 0 Å². The van der Waals surface area contributed by atoms with Gasteiger partial charge in [0.25, 0.3) is 0 Å². The van der Waals surface area contributed by atoms with E-state index in [9.17, 15) is 4.39 Å². The van der Waals surface area contributed by atoms with E-state index in [-0.39, 0.29) is 12.4 Å². The number of halogens is 1. The van der Waals surface area contributed by atoms with Crippen molar-refractivity contribution in [1.82, 2.24) is 9.78 Å². The van der Waals surface area contributed by atoms with E-state index in [1.807, 2.05) is 10.9 Å². The Hall–Kier alpha value is -1.68. The van der Waals surface area contributed by atoms with Crippen molar-refractivity contribution in [3.63, 3.8) is 0 Å². The molecule has 0 radical (unpaired) electrons. The normalized spacial score (nSPS) is 10.8. The number of unbranched alkanes of at least 4 members (excludes halogenated alkanes) is 1. The lowest BCUT2D eigenvalue weighted by Gasteiger charge is -2.04. The quantitative estimate of drug-likeness (QED) is 0.883. The summed E-state index contributed by atoms with van der Waals surface area (Å²) < 4.78 is 15.8. The largest absolute Gasteiger partial charge is 0.392 e. The zero-order valence-corrected chi connectivity index (χ0v) is 10.4. The highest BCUT2D eigenvalue weighted by Crippen LogP contribution is 2.24. The molecule has 96 valence electrons. The summed E-state index contributed by atoms with van der Waals surface area (Å²) in [6.07, 6.45) is 5.66. The summed E-state index contributed by atoms with van der Waals surface area (Å²) in [6, 6.07) is 5.03. The standard InChI is InChI=1S/C14H17FN2O/c1-2-3-7-17-9-12(8-16-17)13-6-4-5-11(10-18)14(13)15/h4-6,8-9,18H,2-3,7,10H2,1H3. The lowest BCUT2D eigenvalue weighted by molar-refractivity contribution is 0.276. The van der Waals surface area contributed by atoms with E-state index in [0.29, 0.717) is 11.1 Å². The molecule has 2 aromatic rings. The lowest BCUT2D eigenvalue weighted by Crippen LogP contribution is -1.97. The maximum atomic E-state index is 14.0. The van der Waals surface area contributed by atoms with Gasteiger partial charge < -0.3 is 5.11 Å². The van der Waals surface area contributed by atoms with Crippen LogP contribution in [-0.2, 0) is 13.2 Å². The first-order chi connectivity index (χ1) is 8.76. The summed E-state index contributed by atoms with van der Waals surface area (Å²) in [5.74, 6) is -0.366. The van der Waals surface area contributed by atoms with Crippen molar-refractivity contribution in [2.24, 2.45) is 0 Å². The third-order valence-corrected chi connectivity index (χ3v) is 2.93. The maximum absolute atomic E-state index is 14.0. The highest BCUT2D eigenvalue weighted by atomic mass is 19.1. The number of aliphatic hydroxyl groups excluding tert-OH is 1. The average molecular weight is 248 g/mol. The van der Waals surface area contributed by atoms with Crippen LogP contribution >= 0.6 is 0 Å². The van der Waals surface area contributed by atoms with Gasteiger partial charge in [-0.25, -0.2) is 4.39 Å². The van der Waals surface area contributed by atoms with Crippen LogP contribution in [0, 0.1) is 5.82 Å². The van der Waals surface area contributed by atoms with Gasteiger partial charge in [0.05, 0.1) is 12.8 Å². The molecule has 0 spiro atoms. The number of aryl methyl sites for hydroxylation is 1. The Bertz CT molecular complexity index is 522. The minimum Gasteiger partial charge on any atom is -0.392 e. The van der Waals surface area contributed by atoms with Crippen molar-refractivity contribution in [1.29, 1.82) is 0 Å². The van der Waals surface area contributed by atoms with E-state index in [1.54, 1.807) is 24.4 Å². The number of rotatable bonds is 5. The Balaban J connectivity index is 2.28. The summed E-state index contributed by atoms with van der Waals surface area (Å²) in [7, 11) is 0. The maximum Gasteiger partial charge on any atom is 0.136 e. The number of nitrogens with zero attached hydrogens (tertiary/aromatic N) is 2.